The van der Waals surface area contributed by atoms with Crippen LogP contribution in [0.5, 0.6) is 0 Å². The summed E-state index contributed by atoms with van der Waals surface area (Å²) in [6, 6.07) is 5.80. The van der Waals surface area contributed by atoms with Crippen molar-refractivity contribution >= 4 is 23.2 Å². The lowest BCUT2D eigenvalue weighted by molar-refractivity contribution is 0.522. The Kier molecular flexibility index (Phi) is 5.14. The maximum atomic E-state index is 13.9. The molecule has 0 saturated carbocycles. The molecule has 112 valence electrons. The van der Waals surface area contributed by atoms with Crippen molar-refractivity contribution in [2.75, 3.05) is 7.05 Å². The van der Waals surface area contributed by atoms with E-state index in [1.165, 1.54) is 12.1 Å². The molecule has 2 rings (SSSR count). The van der Waals surface area contributed by atoms with Gasteiger partial charge in [0, 0.05) is 11.6 Å². The first-order valence-corrected chi connectivity index (χ1v) is 6.93. The van der Waals surface area contributed by atoms with Crippen molar-refractivity contribution in [2.45, 2.75) is 12.5 Å². The van der Waals surface area contributed by atoms with Gasteiger partial charge in [0.25, 0.3) is 0 Å². The van der Waals surface area contributed by atoms with Gasteiger partial charge in [-0.2, -0.15) is 0 Å². The molecule has 0 bridgehead atoms. The van der Waals surface area contributed by atoms with Crippen LogP contribution in [0.15, 0.2) is 30.3 Å². The quantitative estimate of drug-likeness (QED) is 0.783. The number of halogens is 5. The van der Waals surface area contributed by atoms with Gasteiger partial charge >= 0.3 is 0 Å². The summed E-state index contributed by atoms with van der Waals surface area (Å²) in [6.07, 6.45) is 0.280. The Hall–Kier alpha value is -1.23. The fourth-order valence-corrected chi connectivity index (χ4v) is 2.34. The summed E-state index contributed by atoms with van der Waals surface area (Å²) in [6.45, 7) is 0. The molecule has 0 heterocycles. The summed E-state index contributed by atoms with van der Waals surface area (Å²) >= 11 is 11.1. The number of rotatable bonds is 4. The number of nitrogens with one attached hydrogen (secondary N) is 1. The van der Waals surface area contributed by atoms with Gasteiger partial charge in [-0.1, -0.05) is 29.3 Å². The zero-order valence-electron chi connectivity index (χ0n) is 11.1. The van der Waals surface area contributed by atoms with Crippen molar-refractivity contribution in [3.8, 4) is 0 Å². The summed E-state index contributed by atoms with van der Waals surface area (Å²) in [4.78, 5) is 0. The molecule has 0 amide bonds. The molecule has 0 spiro atoms. The minimum atomic E-state index is -0.699. The maximum absolute atomic E-state index is 13.9. The molecule has 21 heavy (non-hydrogen) atoms. The Morgan fingerprint density at radius 2 is 1.62 bits per heavy atom. The molecule has 0 fully saturated rings. The van der Waals surface area contributed by atoms with Gasteiger partial charge in [-0.05, 0) is 43.3 Å². The Morgan fingerprint density at radius 3 is 2.24 bits per heavy atom. The van der Waals surface area contributed by atoms with Crippen LogP contribution in [0.25, 0.3) is 0 Å². The highest BCUT2D eigenvalue weighted by molar-refractivity contribution is 6.31. The van der Waals surface area contributed by atoms with Crippen LogP contribution in [0.1, 0.15) is 17.2 Å². The first-order chi connectivity index (χ1) is 9.92. The smallest absolute Gasteiger partial charge is 0.142 e. The van der Waals surface area contributed by atoms with E-state index in [1.54, 1.807) is 13.1 Å². The highest BCUT2D eigenvalue weighted by atomic mass is 35.5. The van der Waals surface area contributed by atoms with Gasteiger partial charge in [-0.3, -0.25) is 0 Å². The fourth-order valence-electron chi connectivity index (χ4n) is 2.07. The van der Waals surface area contributed by atoms with E-state index in [1.807, 2.05) is 0 Å². The Labute approximate surface area is 130 Å². The van der Waals surface area contributed by atoms with Gasteiger partial charge in [0.1, 0.15) is 17.5 Å². The van der Waals surface area contributed by atoms with Crippen LogP contribution >= 0.6 is 23.2 Å². The number of likely N-dealkylation sites (N-methyl/N-ethyl adjacent to an activating group) is 1. The third kappa shape index (κ3) is 3.70. The zero-order chi connectivity index (χ0) is 15.6. The minimum Gasteiger partial charge on any atom is -0.313 e. The predicted molar refractivity (Wildman–Crippen MR) is 78.3 cm³/mol. The molecule has 1 unspecified atom stereocenters. The molecule has 0 aliphatic rings. The van der Waals surface area contributed by atoms with E-state index in [9.17, 15) is 13.2 Å². The zero-order valence-corrected chi connectivity index (χ0v) is 12.6. The molecular formula is C15H12Cl2F3N. The average Bonchev–Trinajstić information content (AvgIpc) is 2.44. The van der Waals surface area contributed by atoms with E-state index >= 15 is 0 Å². The SMILES string of the molecule is CNC(Cc1ccc(Cl)c(F)c1)c1cc(F)c(Cl)cc1F. The Balaban J connectivity index is 2.31. The molecule has 2 aromatic rings. The van der Waals surface area contributed by atoms with Crippen LogP contribution in [0, 0.1) is 17.5 Å². The summed E-state index contributed by atoms with van der Waals surface area (Å²) < 4.78 is 40.9. The molecule has 0 aliphatic heterocycles. The molecule has 0 aliphatic carbocycles. The maximum Gasteiger partial charge on any atom is 0.142 e. The van der Waals surface area contributed by atoms with Crippen LogP contribution in [-0.4, -0.2) is 7.05 Å². The lowest BCUT2D eigenvalue weighted by Crippen LogP contribution is -2.20. The fraction of sp³-hybridized carbons (Fsp3) is 0.200. The first-order valence-electron chi connectivity index (χ1n) is 6.18. The second-order valence-corrected chi connectivity index (χ2v) is 5.40. The van der Waals surface area contributed by atoms with Crippen molar-refractivity contribution in [2.24, 2.45) is 0 Å². The van der Waals surface area contributed by atoms with Crippen LogP contribution in [0.3, 0.4) is 0 Å². The molecule has 0 radical (unpaired) electrons. The molecule has 1 N–H and O–H groups in total. The van der Waals surface area contributed by atoms with Gasteiger partial charge in [-0.25, -0.2) is 13.2 Å². The molecule has 6 heteroatoms. The second kappa shape index (κ2) is 6.69. The molecule has 1 atom stereocenters. The standard InChI is InChI=1S/C15H12Cl2F3N/c1-21-15(5-8-2-3-10(16)13(19)4-8)9-6-14(20)11(17)7-12(9)18/h2-4,6-7,15,21H,5H2,1H3. The van der Waals surface area contributed by atoms with Gasteiger partial charge in [0.15, 0.2) is 0 Å². The first kappa shape index (κ1) is 16.1. The second-order valence-electron chi connectivity index (χ2n) is 4.58. The normalized spacial score (nSPS) is 12.5. The number of hydrogen-bond donors (Lipinski definition) is 1. The monoisotopic (exact) mass is 333 g/mol. The predicted octanol–water partition coefficient (Wildman–Crippen LogP) is 4.91. The Bertz CT molecular complexity index is 662. The van der Waals surface area contributed by atoms with Crippen molar-refractivity contribution in [1.82, 2.24) is 5.32 Å². The van der Waals surface area contributed by atoms with E-state index < -0.39 is 23.5 Å². The van der Waals surface area contributed by atoms with Gasteiger partial charge < -0.3 is 5.32 Å². The molecule has 1 nitrogen and oxygen atoms in total. The largest absolute Gasteiger partial charge is 0.313 e. The van der Waals surface area contributed by atoms with E-state index in [0.29, 0.717) is 5.56 Å². The number of benzene rings is 2. The van der Waals surface area contributed by atoms with E-state index in [-0.39, 0.29) is 22.0 Å². The highest BCUT2D eigenvalue weighted by Gasteiger charge is 2.18. The van der Waals surface area contributed by atoms with Crippen molar-refractivity contribution in [1.29, 1.82) is 0 Å². The average molecular weight is 334 g/mol. The van der Waals surface area contributed by atoms with Gasteiger partial charge in [0.2, 0.25) is 0 Å². The minimum absolute atomic E-state index is 0.0171. The summed E-state index contributed by atoms with van der Waals surface area (Å²) in [5.41, 5.74) is 0.751. The lowest BCUT2D eigenvalue weighted by Gasteiger charge is -2.18. The van der Waals surface area contributed by atoms with Crippen molar-refractivity contribution in [3.05, 3.63) is 69.0 Å². The van der Waals surface area contributed by atoms with Crippen molar-refractivity contribution < 1.29 is 13.2 Å². The topological polar surface area (TPSA) is 12.0 Å². The summed E-state index contributed by atoms with van der Waals surface area (Å²) in [5, 5.41) is 2.63. The number of hydrogen-bond acceptors (Lipinski definition) is 1. The molecular weight excluding hydrogens is 322 g/mol. The summed E-state index contributed by atoms with van der Waals surface area (Å²) in [7, 11) is 1.61. The molecule has 0 saturated heterocycles. The molecule has 2 aromatic carbocycles. The third-order valence-corrected chi connectivity index (χ3v) is 3.78. The van der Waals surface area contributed by atoms with Gasteiger partial charge in [-0.15, -0.1) is 0 Å². The molecule has 0 aromatic heterocycles. The van der Waals surface area contributed by atoms with Crippen LogP contribution < -0.4 is 5.32 Å². The van der Waals surface area contributed by atoms with Crippen LogP contribution in [0.4, 0.5) is 13.2 Å². The Morgan fingerprint density at radius 1 is 0.952 bits per heavy atom. The van der Waals surface area contributed by atoms with Crippen LogP contribution in [0.2, 0.25) is 10.0 Å². The highest BCUT2D eigenvalue weighted by Crippen LogP contribution is 2.27. The van der Waals surface area contributed by atoms with Crippen LogP contribution in [-0.2, 0) is 6.42 Å². The van der Waals surface area contributed by atoms with Crippen molar-refractivity contribution in [3.63, 3.8) is 0 Å². The van der Waals surface area contributed by atoms with E-state index in [4.69, 9.17) is 23.2 Å². The third-order valence-electron chi connectivity index (χ3n) is 3.19. The lowest BCUT2D eigenvalue weighted by atomic mass is 9.98. The van der Waals surface area contributed by atoms with E-state index in [0.717, 1.165) is 12.1 Å². The van der Waals surface area contributed by atoms with E-state index in [2.05, 4.69) is 5.32 Å². The van der Waals surface area contributed by atoms with Gasteiger partial charge in [0.05, 0.1) is 10.0 Å². The summed E-state index contributed by atoms with van der Waals surface area (Å²) in [5.74, 6) is -1.86.